The van der Waals surface area contributed by atoms with Gasteiger partial charge in [0.1, 0.15) is 5.82 Å². The number of halogens is 1. The van der Waals surface area contributed by atoms with Gasteiger partial charge in [-0.2, -0.15) is 0 Å². The van der Waals surface area contributed by atoms with Crippen LogP contribution >= 0.6 is 0 Å². The van der Waals surface area contributed by atoms with Crippen molar-refractivity contribution in [3.63, 3.8) is 0 Å². The van der Waals surface area contributed by atoms with E-state index in [1.165, 1.54) is 12.1 Å². The molecule has 0 amide bonds. The van der Waals surface area contributed by atoms with Gasteiger partial charge in [0.25, 0.3) is 0 Å². The molecule has 4 heteroatoms. The molecule has 3 rings (SSSR count). The van der Waals surface area contributed by atoms with Crippen molar-refractivity contribution in [1.82, 2.24) is 10.5 Å². The molecule has 1 aliphatic heterocycles. The highest BCUT2D eigenvalue weighted by Gasteiger charge is 2.17. The second-order valence-electron chi connectivity index (χ2n) is 4.67. The van der Waals surface area contributed by atoms with E-state index < -0.39 is 0 Å². The molecule has 0 bridgehead atoms. The van der Waals surface area contributed by atoms with Gasteiger partial charge in [0, 0.05) is 5.39 Å². The molecule has 1 aliphatic rings. The number of piperidine rings is 1. The van der Waals surface area contributed by atoms with E-state index >= 15 is 0 Å². The van der Waals surface area contributed by atoms with Crippen molar-refractivity contribution >= 4 is 11.0 Å². The molecule has 0 atom stereocenters. The molecular weight excluding hydrogens is 219 g/mol. The number of fused-ring (bicyclic) bond motifs is 1. The molecule has 0 unspecified atom stereocenters. The van der Waals surface area contributed by atoms with Gasteiger partial charge in [-0.3, -0.25) is 0 Å². The fourth-order valence-electron chi connectivity index (χ4n) is 2.47. The van der Waals surface area contributed by atoms with Crippen LogP contribution in [-0.4, -0.2) is 18.2 Å². The minimum absolute atomic E-state index is 0.229. The molecule has 1 N–H and O–H groups in total. The Labute approximate surface area is 99.0 Å². The van der Waals surface area contributed by atoms with Crippen molar-refractivity contribution in [2.24, 2.45) is 5.92 Å². The Morgan fingerprint density at radius 1 is 1.35 bits per heavy atom. The summed E-state index contributed by atoms with van der Waals surface area (Å²) in [4.78, 5) is 0. The normalized spacial score (nSPS) is 17.7. The van der Waals surface area contributed by atoms with Gasteiger partial charge < -0.3 is 9.84 Å². The number of hydrogen-bond acceptors (Lipinski definition) is 3. The molecule has 17 heavy (non-hydrogen) atoms. The van der Waals surface area contributed by atoms with Gasteiger partial charge in [-0.15, -0.1) is 0 Å². The molecule has 0 saturated carbocycles. The largest absolute Gasteiger partial charge is 0.356 e. The first-order valence-electron chi connectivity index (χ1n) is 6.07. The Bertz CT molecular complexity index is 517. The lowest BCUT2D eigenvalue weighted by atomic mass is 9.92. The van der Waals surface area contributed by atoms with Gasteiger partial charge in [-0.25, -0.2) is 4.39 Å². The first-order chi connectivity index (χ1) is 8.33. The summed E-state index contributed by atoms with van der Waals surface area (Å²) in [6.45, 7) is 2.13. The summed E-state index contributed by atoms with van der Waals surface area (Å²) in [5, 5.41) is 8.23. The second kappa shape index (κ2) is 4.45. The average molecular weight is 234 g/mol. The Morgan fingerprint density at radius 3 is 3.00 bits per heavy atom. The van der Waals surface area contributed by atoms with E-state index in [9.17, 15) is 4.39 Å². The third-order valence-corrected chi connectivity index (χ3v) is 3.45. The number of benzene rings is 1. The third-order valence-electron chi connectivity index (χ3n) is 3.45. The number of nitrogens with one attached hydrogen (secondary N) is 1. The molecule has 2 heterocycles. The predicted octanol–water partition coefficient (Wildman–Crippen LogP) is 2.51. The summed E-state index contributed by atoms with van der Waals surface area (Å²) in [5.41, 5.74) is 1.57. The van der Waals surface area contributed by atoms with Gasteiger partial charge in [0.15, 0.2) is 5.58 Å². The van der Waals surface area contributed by atoms with Gasteiger partial charge in [0.2, 0.25) is 0 Å². The van der Waals surface area contributed by atoms with Crippen LogP contribution in [0, 0.1) is 11.7 Å². The fourth-order valence-corrected chi connectivity index (χ4v) is 2.47. The van der Waals surface area contributed by atoms with E-state index in [-0.39, 0.29) is 5.82 Å². The van der Waals surface area contributed by atoms with Crippen LogP contribution in [0.15, 0.2) is 22.7 Å². The van der Waals surface area contributed by atoms with Gasteiger partial charge in [0.05, 0.1) is 5.69 Å². The summed E-state index contributed by atoms with van der Waals surface area (Å²) in [6.07, 6.45) is 3.20. The Hall–Kier alpha value is -1.42. The maximum atomic E-state index is 13.2. The van der Waals surface area contributed by atoms with Crippen molar-refractivity contribution in [1.29, 1.82) is 0 Å². The van der Waals surface area contributed by atoms with Crippen molar-refractivity contribution < 1.29 is 8.91 Å². The van der Waals surface area contributed by atoms with Crippen molar-refractivity contribution in [2.75, 3.05) is 13.1 Å². The van der Waals surface area contributed by atoms with E-state index in [0.29, 0.717) is 11.5 Å². The van der Waals surface area contributed by atoms with Crippen LogP contribution < -0.4 is 5.32 Å². The smallest absolute Gasteiger partial charge is 0.167 e. The number of nitrogens with zero attached hydrogens (tertiary/aromatic N) is 1. The SMILES string of the molecule is Fc1ccc2onc(CC3CCNCC3)c2c1. The Morgan fingerprint density at radius 2 is 2.18 bits per heavy atom. The molecule has 3 nitrogen and oxygen atoms in total. The maximum Gasteiger partial charge on any atom is 0.167 e. The lowest BCUT2D eigenvalue weighted by Gasteiger charge is -2.21. The fraction of sp³-hybridized carbons (Fsp3) is 0.462. The summed E-state index contributed by atoms with van der Waals surface area (Å²) < 4.78 is 18.4. The summed E-state index contributed by atoms with van der Waals surface area (Å²) >= 11 is 0. The van der Waals surface area contributed by atoms with E-state index in [2.05, 4.69) is 10.5 Å². The van der Waals surface area contributed by atoms with Crippen LogP contribution in [0.4, 0.5) is 4.39 Å². The highest BCUT2D eigenvalue weighted by Crippen LogP contribution is 2.24. The van der Waals surface area contributed by atoms with Crippen LogP contribution in [0.1, 0.15) is 18.5 Å². The van der Waals surface area contributed by atoms with Crippen molar-refractivity contribution in [3.8, 4) is 0 Å². The molecular formula is C13H15FN2O. The van der Waals surface area contributed by atoms with Gasteiger partial charge in [-0.1, -0.05) is 5.16 Å². The second-order valence-corrected chi connectivity index (χ2v) is 4.67. The molecule has 1 aromatic carbocycles. The highest BCUT2D eigenvalue weighted by atomic mass is 19.1. The van der Waals surface area contributed by atoms with Crippen LogP contribution in [0.25, 0.3) is 11.0 Å². The van der Waals surface area contributed by atoms with Crippen LogP contribution in [0.2, 0.25) is 0 Å². The maximum absolute atomic E-state index is 13.2. The van der Waals surface area contributed by atoms with Gasteiger partial charge in [-0.05, 0) is 56.5 Å². The highest BCUT2D eigenvalue weighted by molar-refractivity contribution is 5.79. The lowest BCUT2D eigenvalue weighted by molar-refractivity contribution is 0.360. The van der Waals surface area contributed by atoms with E-state index in [0.717, 1.165) is 43.4 Å². The molecule has 0 aliphatic carbocycles. The standard InChI is InChI=1S/C13H15FN2O/c14-10-1-2-13-11(8-10)12(16-17-13)7-9-3-5-15-6-4-9/h1-2,8-9,15H,3-7H2. The molecule has 1 aromatic heterocycles. The van der Waals surface area contributed by atoms with Gasteiger partial charge >= 0.3 is 0 Å². The lowest BCUT2D eigenvalue weighted by Crippen LogP contribution is -2.28. The topological polar surface area (TPSA) is 38.1 Å². The number of hydrogen-bond donors (Lipinski definition) is 1. The zero-order valence-corrected chi connectivity index (χ0v) is 9.58. The summed E-state index contributed by atoms with van der Waals surface area (Å²) in [5.74, 6) is 0.403. The quantitative estimate of drug-likeness (QED) is 0.867. The molecule has 0 radical (unpaired) electrons. The van der Waals surface area contributed by atoms with Crippen molar-refractivity contribution in [3.05, 3.63) is 29.7 Å². The van der Waals surface area contributed by atoms with Crippen molar-refractivity contribution in [2.45, 2.75) is 19.3 Å². The van der Waals surface area contributed by atoms with Crippen LogP contribution in [0.5, 0.6) is 0 Å². The first-order valence-corrected chi connectivity index (χ1v) is 6.07. The monoisotopic (exact) mass is 234 g/mol. The zero-order chi connectivity index (χ0) is 11.7. The minimum atomic E-state index is -0.229. The summed E-state index contributed by atoms with van der Waals surface area (Å²) in [7, 11) is 0. The Kier molecular flexibility index (Phi) is 2.81. The molecule has 90 valence electrons. The third kappa shape index (κ3) is 2.17. The summed E-state index contributed by atoms with van der Waals surface area (Å²) in [6, 6.07) is 4.56. The number of rotatable bonds is 2. The molecule has 1 saturated heterocycles. The molecule has 2 aromatic rings. The minimum Gasteiger partial charge on any atom is -0.356 e. The Balaban J connectivity index is 1.86. The first kappa shape index (κ1) is 10.7. The van der Waals surface area contributed by atoms with Crippen LogP contribution in [0.3, 0.4) is 0 Å². The molecule has 0 spiro atoms. The molecule has 1 fully saturated rings. The average Bonchev–Trinajstić information content (AvgIpc) is 2.73. The van der Waals surface area contributed by atoms with E-state index in [1.54, 1.807) is 6.07 Å². The van der Waals surface area contributed by atoms with E-state index in [1.807, 2.05) is 0 Å². The number of aromatic nitrogens is 1. The van der Waals surface area contributed by atoms with E-state index in [4.69, 9.17) is 4.52 Å². The predicted molar refractivity (Wildman–Crippen MR) is 63.3 cm³/mol. The van der Waals surface area contributed by atoms with Crippen LogP contribution in [-0.2, 0) is 6.42 Å². The zero-order valence-electron chi connectivity index (χ0n) is 9.58.